The number of amides is 1. The van der Waals surface area contributed by atoms with Crippen molar-refractivity contribution in [2.75, 3.05) is 36.5 Å². The van der Waals surface area contributed by atoms with Crippen molar-refractivity contribution in [3.8, 4) is 11.3 Å². The van der Waals surface area contributed by atoms with Crippen LogP contribution in [0.1, 0.15) is 5.56 Å². The first-order valence-corrected chi connectivity index (χ1v) is 11.2. The number of rotatable bonds is 5. The van der Waals surface area contributed by atoms with E-state index < -0.39 is 0 Å². The number of fused-ring (bicyclic) bond motifs is 1. The van der Waals surface area contributed by atoms with Crippen molar-refractivity contribution in [1.29, 1.82) is 0 Å². The topological polar surface area (TPSA) is 67.4 Å². The zero-order valence-electron chi connectivity index (χ0n) is 17.0. The summed E-state index contributed by atoms with van der Waals surface area (Å²) >= 11 is 1.41. The second kappa shape index (κ2) is 8.83. The molecule has 1 N–H and O–H groups in total. The van der Waals surface area contributed by atoms with Crippen LogP contribution < -0.4 is 10.2 Å². The summed E-state index contributed by atoms with van der Waals surface area (Å²) in [7, 11) is 0. The lowest BCUT2D eigenvalue weighted by Crippen LogP contribution is -2.36. The molecule has 0 aliphatic carbocycles. The number of nitrogens with zero attached hydrogens (tertiary/aromatic N) is 3. The van der Waals surface area contributed by atoms with Gasteiger partial charge in [0.15, 0.2) is 5.13 Å². The second-order valence-corrected chi connectivity index (χ2v) is 8.29. The molecule has 2 aromatic heterocycles. The summed E-state index contributed by atoms with van der Waals surface area (Å²) in [5.74, 6) is -0.0935. The van der Waals surface area contributed by atoms with Gasteiger partial charge in [-0.15, -0.1) is 11.3 Å². The van der Waals surface area contributed by atoms with Crippen LogP contribution in [0.25, 0.3) is 22.2 Å². The Bertz CT molecular complexity index is 1200. The molecule has 0 radical (unpaired) electrons. The number of nitrogens with one attached hydrogen (secondary N) is 1. The Balaban J connectivity index is 1.44. The molecule has 0 unspecified atom stereocenters. The summed E-state index contributed by atoms with van der Waals surface area (Å²) in [6.45, 7) is 3.30. The number of hydrogen-bond acceptors (Lipinski definition) is 6. The number of pyridine rings is 1. The van der Waals surface area contributed by atoms with Gasteiger partial charge in [0.1, 0.15) is 0 Å². The Morgan fingerprint density at radius 3 is 2.81 bits per heavy atom. The predicted molar refractivity (Wildman–Crippen MR) is 125 cm³/mol. The van der Waals surface area contributed by atoms with Gasteiger partial charge in [0.05, 0.1) is 30.8 Å². The van der Waals surface area contributed by atoms with Crippen LogP contribution in [-0.2, 0) is 16.0 Å². The number of hydrogen-bond donors (Lipinski definition) is 1. The molecule has 7 heteroatoms. The maximum Gasteiger partial charge on any atom is 0.230 e. The molecule has 0 atom stereocenters. The van der Waals surface area contributed by atoms with Gasteiger partial charge in [-0.25, -0.2) is 9.97 Å². The molecule has 0 saturated carbocycles. The van der Waals surface area contributed by atoms with Crippen molar-refractivity contribution in [2.24, 2.45) is 0 Å². The minimum atomic E-state index is -0.0935. The quantitative estimate of drug-likeness (QED) is 0.509. The lowest BCUT2D eigenvalue weighted by Gasteiger charge is -2.29. The molecule has 1 aliphatic rings. The minimum Gasteiger partial charge on any atom is -0.378 e. The summed E-state index contributed by atoms with van der Waals surface area (Å²) in [6, 6.07) is 18.5. The molecule has 31 heavy (non-hydrogen) atoms. The van der Waals surface area contributed by atoms with Crippen molar-refractivity contribution in [1.82, 2.24) is 9.97 Å². The number of carbonyl (C=O) groups excluding carboxylic acids is 1. The normalized spacial score (nSPS) is 14.0. The number of ether oxygens (including phenoxy) is 1. The predicted octanol–water partition coefficient (Wildman–Crippen LogP) is 4.38. The summed E-state index contributed by atoms with van der Waals surface area (Å²) in [4.78, 5) is 23.9. The fourth-order valence-corrected chi connectivity index (χ4v) is 4.36. The van der Waals surface area contributed by atoms with E-state index in [1.165, 1.54) is 17.0 Å². The van der Waals surface area contributed by atoms with Crippen molar-refractivity contribution < 1.29 is 9.53 Å². The average molecular weight is 431 g/mol. The van der Waals surface area contributed by atoms with Gasteiger partial charge in [0, 0.05) is 41.3 Å². The number of carbonyl (C=O) groups is 1. The highest BCUT2D eigenvalue weighted by Crippen LogP contribution is 2.27. The van der Waals surface area contributed by atoms with E-state index in [2.05, 4.69) is 45.5 Å². The van der Waals surface area contributed by atoms with E-state index in [1.807, 2.05) is 29.6 Å². The standard InChI is InChI=1S/C24H22N4O2S/c29-22(27-24-25-9-14-31-24)16-19-5-1-3-17-7-8-21(26-23(17)19)18-4-2-6-20(15-18)28-10-12-30-13-11-28/h1-9,14-15H,10-13,16H2,(H,25,27,29). The fraction of sp³-hybridized carbons (Fsp3) is 0.208. The molecule has 6 nitrogen and oxygen atoms in total. The van der Waals surface area contributed by atoms with Crippen molar-refractivity contribution in [2.45, 2.75) is 6.42 Å². The minimum absolute atomic E-state index is 0.0935. The van der Waals surface area contributed by atoms with Gasteiger partial charge in [0.2, 0.25) is 5.91 Å². The summed E-state index contributed by atoms with van der Waals surface area (Å²) in [6.07, 6.45) is 1.93. The maximum absolute atomic E-state index is 12.5. The average Bonchev–Trinajstić information content (AvgIpc) is 3.32. The number of aromatic nitrogens is 2. The molecule has 0 bridgehead atoms. The summed E-state index contributed by atoms with van der Waals surface area (Å²) in [5.41, 5.74) is 4.89. The van der Waals surface area contributed by atoms with Crippen LogP contribution in [-0.4, -0.2) is 42.2 Å². The third kappa shape index (κ3) is 4.42. The largest absolute Gasteiger partial charge is 0.378 e. The first-order valence-electron chi connectivity index (χ1n) is 10.3. The van der Waals surface area contributed by atoms with E-state index in [9.17, 15) is 4.79 Å². The van der Waals surface area contributed by atoms with E-state index in [-0.39, 0.29) is 12.3 Å². The van der Waals surface area contributed by atoms with Gasteiger partial charge in [-0.2, -0.15) is 0 Å². The van der Waals surface area contributed by atoms with Crippen LogP contribution in [0.4, 0.5) is 10.8 Å². The van der Waals surface area contributed by atoms with Gasteiger partial charge >= 0.3 is 0 Å². The van der Waals surface area contributed by atoms with E-state index >= 15 is 0 Å². The van der Waals surface area contributed by atoms with Gasteiger partial charge in [-0.05, 0) is 23.8 Å². The summed E-state index contributed by atoms with van der Waals surface area (Å²) < 4.78 is 5.47. The van der Waals surface area contributed by atoms with E-state index in [0.717, 1.165) is 54.0 Å². The Labute approximate surface area is 184 Å². The Morgan fingerprint density at radius 1 is 1.10 bits per heavy atom. The maximum atomic E-state index is 12.5. The third-order valence-corrected chi connectivity index (χ3v) is 6.04. The molecule has 5 rings (SSSR count). The second-order valence-electron chi connectivity index (χ2n) is 7.40. The van der Waals surface area contributed by atoms with Crippen LogP contribution in [0.15, 0.2) is 66.2 Å². The van der Waals surface area contributed by atoms with E-state index in [4.69, 9.17) is 9.72 Å². The van der Waals surface area contributed by atoms with Gasteiger partial charge in [0.25, 0.3) is 0 Å². The van der Waals surface area contributed by atoms with Crippen LogP contribution in [0, 0.1) is 0 Å². The van der Waals surface area contributed by atoms with Crippen LogP contribution in [0.2, 0.25) is 0 Å². The van der Waals surface area contributed by atoms with Crippen LogP contribution >= 0.6 is 11.3 Å². The molecule has 1 fully saturated rings. The highest BCUT2D eigenvalue weighted by atomic mass is 32.1. The monoisotopic (exact) mass is 430 g/mol. The molecule has 1 aliphatic heterocycles. The van der Waals surface area contributed by atoms with Crippen molar-refractivity contribution >= 4 is 39.0 Å². The van der Waals surface area contributed by atoms with E-state index in [0.29, 0.717) is 5.13 Å². The number of para-hydroxylation sites is 1. The van der Waals surface area contributed by atoms with E-state index in [1.54, 1.807) is 6.20 Å². The smallest absolute Gasteiger partial charge is 0.230 e. The number of morpholine rings is 1. The summed E-state index contributed by atoms with van der Waals surface area (Å²) in [5, 5.41) is 6.32. The van der Waals surface area contributed by atoms with Crippen molar-refractivity contribution in [3.05, 3.63) is 71.7 Å². The molecule has 1 saturated heterocycles. The number of anilines is 2. The van der Waals surface area contributed by atoms with Gasteiger partial charge in [-0.1, -0.05) is 36.4 Å². The molecule has 3 heterocycles. The fourth-order valence-electron chi connectivity index (χ4n) is 3.82. The molecule has 0 spiro atoms. The molecular formula is C24H22N4O2S. The molecule has 2 aromatic carbocycles. The highest BCUT2D eigenvalue weighted by Gasteiger charge is 2.14. The lowest BCUT2D eigenvalue weighted by atomic mass is 10.0. The van der Waals surface area contributed by atoms with Crippen LogP contribution in [0.5, 0.6) is 0 Å². The Hall–Kier alpha value is -3.29. The Morgan fingerprint density at radius 2 is 1.97 bits per heavy atom. The molecule has 1 amide bonds. The first-order chi connectivity index (χ1) is 15.3. The van der Waals surface area contributed by atoms with Gasteiger partial charge in [-0.3, -0.25) is 4.79 Å². The van der Waals surface area contributed by atoms with Gasteiger partial charge < -0.3 is 15.0 Å². The highest BCUT2D eigenvalue weighted by molar-refractivity contribution is 7.13. The molecule has 156 valence electrons. The van der Waals surface area contributed by atoms with Crippen LogP contribution in [0.3, 0.4) is 0 Å². The molecular weight excluding hydrogens is 408 g/mol. The Kier molecular flexibility index (Phi) is 5.60. The zero-order valence-corrected chi connectivity index (χ0v) is 17.8. The zero-order chi connectivity index (χ0) is 21.0. The lowest BCUT2D eigenvalue weighted by molar-refractivity contribution is -0.115. The first kappa shape index (κ1) is 19.7. The third-order valence-electron chi connectivity index (χ3n) is 5.35. The number of thiazole rings is 1. The molecule has 4 aromatic rings. The van der Waals surface area contributed by atoms with Crippen molar-refractivity contribution in [3.63, 3.8) is 0 Å². The SMILES string of the molecule is O=C(Cc1cccc2ccc(-c3cccc(N4CCOCC4)c3)nc12)Nc1nccs1. The number of benzene rings is 2.